The lowest BCUT2D eigenvalue weighted by Crippen LogP contribution is -2.43. The number of esters is 1. The Hall–Kier alpha value is -2.04. The second-order valence-electron chi connectivity index (χ2n) is 5.18. The lowest BCUT2D eigenvalue weighted by molar-refractivity contribution is -0.150. The first kappa shape index (κ1) is 14.4. The molecule has 0 radical (unpaired) electrons. The van der Waals surface area contributed by atoms with Crippen LogP contribution in [0.1, 0.15) is 19.4 Å². The normalized spacial score (nSPS) is 22.0. The van der Waals surface area contributed by atoms with E-state index >= 15 is 0 Å². The van der Waals surface area contributed by atoms with Crippen molar-refractivity contribution in [3.8, 4) is 0 Å². The number of hydrogen-bond acceptors (Lipinski definition) is 4. The van der Waals surface area contributed by atoms with E-state index in [-0.39, 0.29) is 12.0 Å². The van der Waals surface area contributed by atoms with Crippen molar-refractivity contribution < 1.29 is 19.1 Å². The number of hydrogen-bond donors (Lipinski definition) is 0. The molecule has 1 fully saturated rings. The monoisotopic (exact) mass is 277 g/mol. The van der Waals surface area contributed by atoms with Crippen LogP contribution in [-0.2, 0) is 20.8 Å². The van der Waals surface area contributed by atoms with Crippen molar-refractivity contribution in [1.29, 1.82) is 0 Å². The summed E-state index contributed by atoms with van der Waals surface area (Å²) in [4.78, 5) is 25.4. The lowest BCUT2D eigenvalue weighted by Gasteiger charge is -2.26. The van der Waals surface area contributed by atoms with E-state index in [1.165, 1.54) is 7.11 Å². The van der Waals surface area contributed by atoms with Gasteiger partial charge in [0.15, 0.2) is 0 Å². The zero-order chi connectivity index (χ0) is 14.7. The molecule has 108 valence electrons. The first-order valence-electron chi connectivity index (χ1n) is 6.63. The predicted octanol–water partition coefficient (Wildman–Crippen LogP) is 2.21. The Morgan fingerprint density at radius 3 is 2.55 bits per heavy atom. The summed E-state index contributed by atoms with van der Waals surface area (Å²) < 4.78 is 9.90. The van der Waals surface area contributed by atoms with Crippen LogP contribution < -0.4 is 0 Å². The summed E-state index contributed by atoms with van der Waals surface area (Å²) in [6.07, 6.45) is -1.32. The molecule has 0 bridgehead atoms. The average molecular weight is 277 g/mol. The molecule has 2 rings (SSSR count). The number of cyclic esters (lactones) is 1. The highest BCUT2D eigenvalue weighted by molar-refractivity contribution is 5.83. The maximum Gasteiger partial charge on any atom is 0.411 e. The number of ether oxygens (including phenoxy) is 2. The fourth-order valence-corrected chi connectivity index (χ4v) is 2.49. The molecule has 0 spiro atoms. The number of rotatable bonds is 4. The van der Waals surface area contributed by atoms with Gasteiger partial charge < -0.3 is 9.47 Å². The van der Waals surface area contributed by atoms with E-state index in [4.69, 9.17) is 9.47 Å². The maximum atomic E-state index is 12.0. The minimum atomic E-state index is -0.851. The zero-order valence-corrected chi connectivity index (χ0v) is 11.9. The molecule has 0 aliphatic carbocycles. The highest BCUT2D eigenvalue weighted by Crippen LogP contribution is 2.28. The van der Waals surface area contributed by atoms with Crippen molar-refractivity contribution in [2.45, 2.75) is 32.5 Å². The van der Waals surface area contributed by atoms with Gasteiger partial charge in [0.2, 0.25) is 6.10 Å². The number of methoxy groups -OCH3 is 1. The summed E-state index contributed by atoms with van der Waals surface area (Å²) in [5.41, 5.74) is 1.00. The van der Waals surface area contributed by atoms with Gasteiger partial charge in [-0.15, -0.1) is 0 Å². The minimum Gasteiger partial charge on any atom is -0.466 e. The molecule has 5 heteroatoms. The average Bonchev–Trinajstić information content (AvgIpc) is 2.76. The van der Waals surface area contributed by atoms with Gasteiger partial charge in [-0.2, -0.15) is 0 Å². The van der Waals surface area contributed by atoms with Crippen LogP contribution in [0.4, 0.5) is 4.79 Å². The zero-order valence-electron chi connectivity index (χ0n) is 11.9. The van der Waals surface area contributed by atoms with Gasteiger partial charge in [-0.25, -0.2) is 9.59 Å². The number of amides is 1. The Labute approximate surface area is 118 Å². The summed E-state index contributed by atoms with van der Waals surface area (Å²) in [6, 6.07) is 9.32. The van der Waals surface area contributed by atoms with Gasteiger partial charge in [0.1, 0.15) is 0 Å². The minimum absolute atomic E-state index is 0.0919. The third-order valence-electron chi connectivity index (χ3n) is 3.44. The van der Waals surface area contributed by atoms with E-state index in [0.29, 0.717) is 6.54 Å². The van der Waals surface area contributed by atoms with E-state index in [1.54, 1.807) is 4.90 Å². The molecule has 5 nitrogen and oxygen atoms in total. The summed E-state index contributed by atoms with van der Waals surface area (Å²) in [7, 11) is 1.30. The van der Waals surface area contributed by atoms with Crippen molar-refractivity contribution in [3.05, 3.63) is 35.9 Å². The van der Waals surface area contributed by atoms with Gasteiger partial charge in [-0.1, -0.05) is 44.2 Å². The Morgan fingerprint density at radius 2 is 2.00 bits per heavy atom. The second-order valence-corrected chi connectivity index (χ2v) is 5.18. The second kappa shape index (κ2) is 5.94. The lowest BCUT2D eigenvalue weighted by atomic mass is 9.97. The van der Waals surface area contributed by atoms with Gasteiger partial charge >= 0.3 is 12.1 Å². The van der Waals surface area contributed by atoms with Crippen LogP contribution in [0.3, 0.4) is 0 Å². The van der Waals surface area contributed by atoms with Gasteiger partial charge in [-0.3, -0.25) is 4.90 Å². The standard InChI is InChI=1S/C15H19NO4/c1-10(2)12-13(14(17)19-3)20-15(18)16(12)9-11-7-5-4-6-8-11/h4-8,10,12-13H,9H2,1-3H3/t12-,13+/m0/s1. The van der Waals surface area contributed by atoms with Gasteiger partial charge in [0, 0.05) is 6.54 Å². The van der Waals surface area contributed by atoms with Crippen LogP contribution >= 0.6 is 0 Å². The molecular weight excluding hydrogens is 258 g/mol. The molecule has 1 aromatic rings. The van der Waals surface area contributed by atoms with E-state index in [9.17, 15) is 9.59 Å². The van der Waals surface area contributed by atoms with Crippen molar-refractivity contribution in [2.75, 3.05) is 7.11 Å². The molecule has 0 N–H and O–H groups in total. The maximum absolute atomic E-state index is 12.0. The Balaban J connectivity index is 2.22. The molecule has 1 aromatic carbocycles. The molecule has 20 heavy (non-hydrogen) atoms. The SMILES string of the molecule is COC(=O)[C@@H]1OC(=O)N(Cc2ccccc2)[C@H]1C(C)C. The summed E-state index contributed by atoms with van der Waals surface area (Å²) >= 11 is 0. The van der Waals surface area contributed by atoms with E-state index in [2.05, 4.69) is 0 Å². The predicted molar refractivity (Wildman–Crippen MR) is 72.9 cm³/mol. The van der Waals surface area contributed by atoms with Crippen molar-refractivity contribution in [2.24, 2.45) is 5.92 Å². The highest BCUT2D eigenvalue weighted by Gasteiger charge is 2.47. The molecule has 0 saturated carbocycles. The van der Waals surface area contributed by atoms with Crippen molar-refractivity contribution in [3.63, 3.8) is 0 Å². The molecule has 2 atom stereocenters. The molecule has 0 aromatic heterocycles. The topological polar surface area (TPSA) is 55.8 Å². The number of carbonyl (C=O) groups excluding carboxylic acids is 2. The summed E-state index contributed by atoms with van der Waals surface area (Å²) in [6.45, 7) is 4.34. The summed E-state index contributed by atoms with van der Waals surface area (Å²) in [5, 5.41) is 0. The Kier molecular flexibility index (Phi) is 4.27. The van der Waals surface area contributed by atoms with Gasteiger partial charge in [0.05, 0.1) is 13.2 Å². The number of nitrogens with zero attached hydrogens (tertiary/aromatic N) is 1. The highest BCUT2D eigenvalue weighted by atomic mass is 16.6. The van der Waals surface area contributed by atoms with Crippen LogP contribution in [0, 0.1) is 5.92 Å². The molecule has 1 aliphatic rings. The summed E-state index contributed by atoms with van der Waals surface area (Å²) in [5.74, 6) is -0.415. The first-order chi connectivity index (χ1) is 9.54. The van der Waals surface area contributed by atoms with Crippen LogP contribution in [-0.4, -0.2) is 36.2 Å². The smallest absolute Gasteiger partial charge is 0.411 e. The third-order valence-corrected chi connectivity index (χ3v) is 3.44. The largest absolute Gasteiger partial charge is 0.466 e. The fraction of sp³-hybridized carbons (Fsp3) is 0.467. The van der Waals surface area contributed by atoms with E-state index < -0.39 is 18.2 Å². The number of benzene rings is 1. The molecule has 0 unspecified atom stereocenters. The molecule has 1 aliphatic heterocycles. The first-order valence-corrected chi connectivity index (χ1v) is 6.63. The van der Waals surface area contributed by atoms with Crippen LogP contribution in [0.15, 0.2) is 30.3 Å². The molecular formula is C15H19NO4. The third kappa shape index (κ3) is 2.76. The van der Waals surface area contributed by atoms with Gasteiger partial charge in [-0.05, 0) is 11.5 Å². The molecule has 1 amide bonds. The fourth-order valence-electron chi connectivity index (χ4n) is 2.49. The van der Waals surface area contributed by atoms with Crippen LogP contribution in [0.2, 0.25) is 0 Å². The number of carbonyl (C=O) groups is 2. The quantitative estimate of drug-likeness (QED) is 0.792. The Bertz CT molecular complexity index is 486. The van der Waals surface area contributed by atoms with Crippen molar-refractivity contribution in [1.82, 2.24) is 4.90 Å². The van der Waals surface area contributed by atoms with E-state index in [0.717, 1.165) is 5.56 Å². The van der Waals surface area contributed by atoms with Crippen molar-refractivity contribution >= 4 is 12.1 Å². The van der Waals surface area contributed by atoms with E-state index in [1.807, 2.05) is 44.2 Å². The molecule has 1 saturated heterocycles. The Morgan fingerprint density at radius 1 is 1.35 bits per heavy atom. The molecule has 1 heterocycles. The van der Waals surface area contributed by atoms with Crippen LogP contribution in [0.5, 0.6) is 0 Å². The van der Waals surface area contributed by atoms with Crippen LogP contribution in [0.25, 0.3) is 0 Å². The van der Waals surface area contributed by atoms with Gasteiger partial charge in [0.25, 0.3) is 0 Å².